The molecule has 128 valence electrons. The van der Waals surface area contributed by atoms with Gasteiger partial charge >= 0.3 is 0 Å². The van der Waals surface area contributed by atoms with Gasteiger partial charge in [0, 0.05) is 11.9 Å². The van der Waals surface area contributed by atoms with Crippen LogP contribution in [0.1, 0.15) is 5.56 Å². The van der Waals surface area contributed by atoms with E-state index in [4.69, 9.17) is 10.5 Å². The minimum Gasteiger partial charge on any atom is -0.436 e. The Morgan fingerprint density at radius 3 is 2.50 bits per heavy atom. The summed E-state index contributed by atoms with van der Waals surface area (Å²) in [5, 5.41) is 5.34. The van der Waals surface area contributed by atoms with Crippen LogP contribution in [0.5, 0.6) is 11.6 Å². The summed E-state index contributed by atoms with van der Waals surface area (Å²) in [4.78, 5) is 8.43. The first kappa shape index (κ1) is 15.9. The van der Waals surface area contributed by atoms with Gasteiger partial charge in [0.15, 0.2) is 5.82 Å². The fourth-order valence-electron chi connectivity index (χ4n) is 2.77. The maximum Gasteiger partial charge on any atom is 0.248 e. The number of hydrogen-bond acceptors (Lipinski definition) is 5. The zero-order valence-electron chi connectivity index (χ0n) is 14.1. The smallest absolute Gasteiger partial charge is 0.248 e. The van der Waals surface area contributed by atoms with E-state index >= 15 is 0 Å². The fraction of sp³-hybridized carbons (Fsp3) is 0.0476. The third-order valence-electron chi connectivity index (χ3n) is 4.11. The van der Waals surface area contributed by atoms with Crippen LogP contribution in [0.25, 0.3) is 10.8 Å². The third kappa shape index (κ3) is 3.28. The summed E-state index contributed by atoms with van der Waals surface area (Å²) < 4.78 is 6.00. The van der Waals surface area contributed by atoms with Crippen LogP contribution in [0.4, 0.5) is 11.5 Å². The van der Waals surface area contributed by atoms with Crippen molar-refractivity contribution in [2.24, 2.45) is 0 Å². The predicted molar refractivity (Wildman–Crippen MR) is 104 cm³/mol. The first-order chi connectivity index (χ1) is 12.8. The Hall–Kier alpha value is -3.60. The zero-order chi connectivity index (χ0) is 17.8. The van der Waals surface area contributed by atoms with Crippen molar-refractivity contribution in [3.8, 4) is 11.6 Å². The Bertz CT molecular complexity index is 1030. The highest BCUT2D eigenvalue weighted by atomic mass is 16.5. The summed E-state index contributed by atoms with van der Waals surface area (Å²) in [6.07, 6.45) is 1.45. The Kier molecular flexibility index (Phi) is 4.35. The lowest BCUT2D eigenvalue weighted by atomic mass is 10.1. The maximum absolute atomic E-state index is 6.23. The van der Waals surface area contributed by atoms with Crippen molar-refractivity contribution in [1.82, 2.24) is 9.97 Å². The van der Waals surface area contributed by atoms with E-state index in [-0.39, 0.29) is 0 Å². The van der Waals surface area contributed by atoms with E-state index in [0.717, 1.165) is 16.3 Å². The molecule has 0 fully saturated rings. The molecular weight excluding hydrogens is 324 g/mol. The lowest BCUT2D eigenvalue weighted by Crippen LogP contribution is -2.06. The van der Waals surface area contributed by atoms with E-state index < -0.39 is 0 Å². The number of hydrogen-bond donors (Lipinski definition) is 2. The van der Waals surface area contributed by atoms with E-state index in [1.54, 1.807) is 0 Å². The molecule has 0 amide bonds. The van der Waals surface area contributed by atoms with Crippen molar-refractivity contribution in [3.63, 3.8) is 0 Å². The SMILES string of the molecule is Nc1c(NCc2ccccc2)ncnc1Oc1cccc2ccccc12. The standard InChI is InChI=1S/C21H18N4O/c22-19-20(23-13-15-7-2-1-3-8-15)24-14-25-21(19)26-18-12-6-10-16-9-4-5-11-17(16)18/h1-12,14H,13,22H2,(H,23,24,25). The minimum absolute atomic E-state index is 0.340. The van der Waals surface area contributed by atoms with Crippen molar-refractivity contribution in [1.29, 1.82) is 0 Å². The van der Waals surface area contributed by atoms with Crippen LogP contribution in [0, 0.1) is 0 Å². The topological polar surface area (TPSA) is 73.1 Å². The van der Waals surface area contributed by atoms with Crippen molar-refractivity contribution >= 4 is 22.3 Å². The highest BCUT2D eigenvalue weighted by Gasteiger charge is 2.11. The molecular formula is C21H18N4O. The van der Waals surface area contributed by atoms with Gasteiger partial charge in [0.25, 0.3) is 0 Å². The Labute approximate surface area is 151 Å². The van der Waals surface area contributed by atoms with E-state index in [1.807, 2.05) is 72.8 Å². The molecule has 0 atom stereocenters. The number of benzene rings is 3. The van der Waals surface area contributed by atoms with Crippen molar-refractivity contribution in [3.05, 3.63) is 84.7 Å². The molecule has 4 rings (SSSR count). The van der Waals surface area contributed by atoms with Crippen LogP contribution < -0.4 is 15.8 Å². The average Bonchev–Trinajstić information content (AvgIpc) is 2.70. The van der Waals surface area contributed by atoms with Gasteiger partial charge in [0.05, 0.1) is 0 Å². The molecule has 5 nitrogen and oxygen atoms in total. The van der Waals surface area contributed by atoms with Gasteiger partial charge in [-0.2, -0.15) is 4.98 Å². The number of aromatic nitrogens is 2. The number of nitrogens with two attached hydrogens (primary N) is 1. The number of ether oxygens (including phenoxy) is 1. The van der Waals surface area contributed by atoms with Crippen LogP contribution in [0.2, 0.25) is 0 Å². The normalized spacial score (nSPS) is 10.6. The van der Waals surface area contributed by atoms with Gasteiger partial charge in [-0.3, -0.25) is 0 Å². The molecule has 0 bridgehead atoms. The third-order valence-corrected chi connectivity index (χ3v) is 4.11. The lowest BCUT2D eigenvalue weighted by Gasteiger charge is -2.13. The quantitative estimate of drug-likeness (QED) is 0.554. The number of rotatable bonds is 5. The monoisotopic (exact) mass is 342 g/mol. The highest BCUT2D eigenvalue weighted by molar-refractivity contribution is 5.88. The van der Waals surface area contributed by atoms with E-state index in [9.17, 15) is 0 Å². The summed E-state index contributed by atoms with van der Waals surface area (Å²) in [5.74, 6) is 1.61. The Morgan fingerprint density at radius 2 is 1.62 bits per heavy atom. The van der Waals surface area contributed by atoms with Gasteiger partial charge in [-0.15, -0.1) is 0 Å². The van der Waals surface area contributed by atoms with Crippen LogP contribution >= 0.6 is 0 Å². The first-order valence-corrected chi connectivity index (χ1v) is 8.35. The molecule has 5 heteroatoms. The summed E-state index contributed by atoms with van der Waals surface area (Å²) in [6.45, 7) is 0.621. The average molecular weight is 342 g/mol. The summed E-state index contributed by atoms with van der Waals surface area (Å²) in [7, 11) is 0. The fourth-order valence-corrected chi connectivity index (χ4v) is 2.77. The number of anilines is 2. The molecule has 3 aromatic carbocycles. The second-order valence-electron chi connectivity index (χ2n) is 5.86. The summed E-state index contributed by atoms with van der Waals surface area (Å²) in [6, 6.07) is 24.0. The van der Waals surface area contributed by atoms with Gasteiger partial charge in [-0.25, -0.2) is 4.98 Å². The van der Waals surface area contributed by atoms with Gasteiger partial charge in [-0.1, -0.05) is 66.7 Å². The van der Waals surface area contributed by atoms with Crippen molar-refractivity contribution in [2.75, 3.05) is 11.1 Å². The number of nitrogen functional groups attached to an aromatic ring is 1. The van der Waals surface area contributed by atoms with E-state index in [0.29, 0.717) is 29.7 Å². The number of nitrogens with one attached hydrogen (secondary N) is 1. The molecule has 3 N–H and O–H groups in total. The molecule has 4 aromatic rings. The molecule has 0 spiro atoms. The van der Waals surface area contributed by atoms with Gasteiger partial charge in [0.2, 0.25) is 5.88 Å². The molecule has 0 saturated carbocycles. The van der Waals surface area contributed by atoms with Gasteiger partial charge in [0.1, 0.15) is 17.8 Å². The molecule has 1 aromatic heterocycles. The van der Waals surface area contributed by atoms with Crippen molar-refractivity contribution < 1.29 is 4.74 Å². The zero-order valence-corrected chi connectivity index (χ0v) is 14.1. The molecule has 0 saturated heterocycles. The molecule has 0 unspecified atom stereocenters. The lowest BCUT2D eigenvalue weighted by molar-refractivity contribution is 0.470. The van der Waals surface area contributed by atoms with E-state index in [1.165, 1.54) is 6.33 Å². The van der Waals surface area contributed by atoms with Crippen LogP contribution in [0.15, 0.2) is 79.1 Å². The largest absolute Gasteiger partial charge is 0.436 e. The molecule has 0 aliphatic heterocycles. The Morgan fingerprint density at radius 1 is 0.846 bits per heavy atom. The summed E-state index contributed by atoms with van der Waals surface area (Å²) >= 11 is 0. The second kappa shape index (κ2) is 7.11. The number of fused-ring (bicyclic) bond motifs is 1. The van der Waals surface area contributed by atoms with Crippen molar-refractivity contribution in [2.45, 2.75) is 6.54 Å². The van der Waals surface area contributed by atoms with Crippen LogP contribution in [-0.4, -0.2) is 9.97 Å². The molecule has 26 heavy (non-hydrogen) atoms. The summed E-state index contributed by atoms with van der Waals surface area (Å²) in [5.41, 5.74) is 7.75. The van der Waals surface area contributed by atoms with Gasteiger partial charge in [-0.05, 0) is 17.0 Å². The number of nitrogens with zero attached hydrogens (tertiary/aromatic N) is 2. The molecule has 0 aliphatic rings. The first-order valence-electron chi connectivity index (χ1n) is 8.35. The van der Waals surface area contributed by atoms with Crippen LogP contribution in [0.3, 0.4) is 0 Å². The second-order valence-corrected chi connectivity index (χ2v) is 5.86. The Balaban J connectivity index is 1.59. The highest BCUT2D eigenvalue weighted by Crippen LogP contribution is 2.33. The van der Waals surface area contributed by atoms with Crippen LogP contribution in [-0.2, 0) is 6.54 Å². The molecule has 0 aliphatic carbocycles. The molecule has 0 radical (unpaired) electrons. The van der Waals surface area contributed by atoms with Gasteiger partial charge < -0.3 is 15.8 Å². The minimum atomic E-state index is 0.340. The maximum atomic E-state index is 6.23. The predicted octanol–water partition coefficient (Wildman–Crippen LogP) is 4.62. The van der Waals surface area contributed by atoms with E-state index in [2.05, 4.69) is 15.3 Å². The molecule has 1 heterocycles.